The summed E-state index contributed by atoms with van der Waals surface area (Å²) in [6, 6.07) is 9.61. The Morgan fingerprint density at radius 3 is 2.88 bits per heavy atom. The molecule has 1 fully saturated rings. The van der Waals surface area contributed by atoms with Gasteiger partial charge in [-0.1, -0.05) is 23.7 Å². The van der Waals surface area contributed by atoms with Crippen molar-refractivity contribution in [1.29, 1.82) is 0 Å². The number of halogens is 2. The highest BCUT2D eigenvalue weighted by Crippen LogP contribution is 2.33. The zero-order valence-electron chi connectivity index (χ0n) is 14.3. The maximum atomic E-state index is 12.9. The molecule has 0 saturated carbocycles. The van der Waals surface area contributed by atoms with Gasteiger partial charge in [-0.3, -0.25) is 4.79 Å². The quantitative estimate of drug-likeness (QED) is 0.693. The summed E-state index contributed by atoms with van der Waals surface area (Å²) in [7, 11) is 0. The van der Waals surface area contributed by atoms with Crippen molar-refractivity contribution in [1.82, 2.24) is 14.7 Å². The molecule has 5 nitrogen and oxygen atoms in total. The molecule has 138 valence electrons. The second-order valence-corrected chi connectivity index (χ2v) is 7.87. The molecule has 3 aromatic rings. The maximum Gasteiger partial charge on any atom is 0.264 e. The van der Waals surface area contributed by atoms with Crippen molar-refractivity contribution in [3.05, 3.63) is 45.9 Å². The molecule has 0 spiro atoms. The van der Waals surface area contributed by atoms with E-state index in [1.54, 1.807) is 0 Å². The number of likely N-dealkylation sites (tertiary alicyclic amines) is 1. The number of thiophene rings is 1. The molecule has 2 aromatic heterocycles. The summed E-state index contributed by atoms with van der Waals surface area (Å²) < 4.78 is 1.83. The van der Waals surface area contributed by atoms with Gasteiger partial charge in [0.2, 0.25) is 0 Å². The van der Waals surface area contributed by atoms with Crippen LogP contribution in [0.4, 0.5) is 0 Å². The van der Waals surface area contributed by atoms with E-state index in [4.69, 9.17) is 17.3 Å². The normalized spacial score (nSPS) is 17.3. The van der Waals surface area contributed by atoms with Gasteiger partial charge >= 0.3 is 0 Å². The first-order chi connectivity index (χ1) is 12.0. The standard InChI is InChI=1S/C18H19ClN4OS.ClH/c1-11-13-9-16(17(24)22-8-4-5-12(20)10-22)25-18(13)23(21-11)15-7-3-2-6-14(15)19;/h2-3,6-7,9,12H,4-5,8,10,20H2,1H3;1H. The number of nitrogens with zero attached hydrogens (tertiary/aromatic N) is 3. The highest BCUT2D eigenvalue weighted by Gasteiger charge is 2.25. The fourth-order valence-electron chi connectivity index (χ4n) is 3.29. The van der Waals surface area contributed by atoms with Gasteiger partial charge < -0.3 is 10.6 Å². The lowest BCUT2D eigenvalue weighted by Gasteiger charge is -2.30. The van der Waals surface area contributed by atoms with Gasteiger partial charge in [0.1, 0.15) is 4.83 Å². The number of rotatable bonds is 2. The Bertz CT molecular complexity index is 952. The number of amides is 1. The molecule has 1 aromatic carbocycles. The first-order valence-corrected chi connectivity index (χ1v) is 9.53. The molecule has 26 heavy (non-hydrogen) atoms. The Hall–Kier alpha value is -1.60. The summed E-state index contributed by atoms with van der Waals surface area (Å²) in [5.41, 5.74) is 7.73. The van der Waals surface area contributed by atoms with Crippen molar-refractivity contribution in [2.24, 2.45) is 5.73 Å². The predicted octanol–water partition coefficient (Wildman–Crippen LogP) is 4.03. The van der Waals surface area contributed by atoms with E-state index in [9.17, 15) is 4.79 Å². The summed E-state index contributed by atoms with van der Waals surface area (Å²) in [6.07, 6.45) is 1.95. The van der Waals surface area contributed by atoms with Gasteiger partial charge in [-0.2, -0.15) is 5.10 Å². The van der Waals surface area contributed by atoms with Crippen LogP contribution in [0.15, 0.2) is 30.3 Å². The number of carbonyl (C=O) groups excluding carboxylic acids is 1. The zero-order valence-corrected chi connectivity index (χ0v) is 16.7. The average molecular weight is 411 g/mol. The van der Waals surface area contributed by atoms with E-state index in [0.29, 0.717) is 11.6 Å². The molecule has 4 rings (SSSR count). The van der Waals surface area contributed by atoms with Crippen molar-refractivity contribution in [2.75, 3.05) is 13.1 Å². The Kier molecular flexibility index (Phi) is 5.58. The van der Waals surface area contributed by atoms with Crippen LogP contribution in [-0.2, 0) is 0 Å². The molecule has 0 bridgehead atoms. The first kappa shape index (κ1) is 19.2. The van der Waals surface area contributed by atoms with Crippen LogP contribution < -0.4 is 5.73 Å². The molecule has 0 radical (unpaired) electrons. The number of para-hydroxylation sites is 1. The van der Waals surface area contributed by atoms with Crippen molar-refractivity contribution < 1.29 is 4.79 Å². The molecule has 2 N–H and O–H groups in total. The van der Waals surface area contributed by atoms with Crippen molar-refractivity contribution >= 4 is 51.5 Å². The van der Waals surface area contributed by atoms with Crippen LogP contribution in [0.25, 0.3) is 15.9 Å². The van der Waals surface area contributed by atoms with E-state index in [2.05, 4.69) is 5.10 Å². The second-order valence-electron chi connectivity index (χ2n) is 6.43. The van der Waals surface area contributed by atoms with Gasteiger partial charge in [0.15, 0.2) is 0 Å². The van der Waals surface area contributed by atoms with Gasteiger partial charge in [-0.05, 0) is 38.0 Å². The number of benzene rings is 1. The molecule has 1 atom stereocenters. The Morgan fingerprint density at radius 2 is 2.15 bits per heavy atom. The number of aromatic nitrogens is 2. The SMILES string of the molecule is Cc1nn(-c2ccccc2Cl)c2sc(C(=O)N3CCCC(N)C3)cc12.Cl. The molecule has 1 aliphatic heterocycles. The molecule has 8 heteroatoms. The fraction of sp³-hybridized carbons (Fsp3) is 0.333. The van der Waals surface area contributed by atoms with Gasteiger partial charge in [-0.25, -0.2) is 4.68 Å². The van der Waals surface area contributed by atoms with Crippen LogP contribution in [0.5, 0.6) is 0 Å². The van der Waals surface area contributed by atoms with E-state index in [0.717, 1.165) is 45.9 Å². The molecule has 1 aliphatic rings. The number of hydrogen-bond acceptors (Lipinski definition) is 4. The smallest absolute Gasteiger partial charge is 0.264 e. The lowest BCUT2D eigenvalue weighted by atomic mass is 10.1. The summed E-state index contributed by atoms with van der Waals surface area (Å²) in [5.74, 6) is 0.0569. The molecular formula is C18H20Cl2N4OS. The Balaban J connectivity index is 0.00000196. The van der Waals surface area contributed by atoms with Gasteiger partial charge in [-0.15, -0.1) is 23.7 Å². The van der Waals surface area contributed by atoms with Crippen LogP contribution in [-0.4, -0.2) is 39.7 Å². The summed E-state index contributed by atoms with van der Waals surface area (Å²) in [4.78, 5) is 16.4. The third kappa shape index (κ3) is 3.34. The lowest BCUT2D eigenvalue weighted by molar-refractivity contribution is 0.0714. The molecule has 0 aliphatic carbocycles. The minimum Gasteiger partial charge on any atom is -0.336 e. The van der Waals surface area contributed by atoms with Crippen molar-refractivity contribution in [3.63, 3.8) is 0 Å². The van der Waals surface area contributed by atoms with E-state index in [-0.39, 0.29) is 24.4 Å². The largest absolute Gasteiger partial charge is 0.336 e. The van der Waals surface area contributed by atoms with Crippen molar-refractivity contribution in [3.8, 4) is 5.69 Å². The molecule has 1 saturated heterocycles. The third-order valence-corrected chi connectivity index (χ3v) is 6.00. The minimum atomic E-state index is 0. The van der Waals surface area contributed by atoms with Gasteiger partial charge in [0.25, 0.3) is 5.91 Å². The summed E-state index contributed by atoms with van der Waals surface area (Å²) >= 11 is 7.79. The van der Waals surface area contributed by atoms with E-state index < -0.39 is 0 Å². The fourth-order valence-corrected chi connectivity index (χ4v) is 4.65. The predicted molar refractivity (Wildman–Crippen MR) is 109 cm³/mol. The average Bonchev–Trinajstić information content (AvgIpc) is 3.16. The van der Waals surface area contributed by atoms with Crippen LogP contribution in [0.3, 0.4) is 0 Å². The molecule has 1 amide bonds. The topological polar surface area (TPSA) is 64.2 Å². The third-order valence-electron chi connectivity index (χ3n) is 4.58. The summed E-state index contributed by atoms with van der Waals surface area (Å²) in [6.45, 7) is 3.35. The lowest BCUT2D eigenvalue weighted by Crippen LogP contribution is -2.45. The number of hydrogen-bond donors (Lipinski definition) is 1. The monoisotopic (exact) mass is 410 g/mol. The number of aryl methyl sites for hydroxylation is 1. The number of nitrogens with two attached hydrogens (primary N) is 1. The Morgan fingerprint density at radius 1 is 1.38 bits per heavy atom. The number of fused-ring (bicyclic) bond motifs is 1. The molecular weight excluding hydrogens is 391 g/mol. The first-order valence-electron chi connectivity index (χ1n) is 8.33. The van der Waals surface area contributed by atoms with E-state index >= 15 is 0 Å². The highest BCUT2D eigenvalue weighted by atomic mass is 35.5. The van der Waals surface area contributed by atoms with Crippen molar-refractivity contribution in [2.45, 2.75) is 25.8 Å². The maximum absolute atomic E-state index is 12.9. The number of carbonyl (C=O) groups is 1. The van der Waals surface area contributed by atoms with Gasteiger partial charge in [0, 0.05) is 24.5 Å². The highest BCUT2D eigenvalue weighted by molar-refractivity contribution is 7.20. The molecule has 1 unspecified atom stereocenters. The van der Waals surface area contributed by atoms with E-state index in [1.165, 1.54) is 11.3 Å². The van der Waals surface area contributed by atoms with Crippen LogP contribution in [0.2, 0.25) is 5.02 Å². The van der Waals surface area contributed by atoms with Crippen LogP contribution in [0, 0.1) is 6.92 Å². The van der Waals surface area contributed by atoms with Crippen LogP contribution in [0.1, 0.15) is 28.2 Å². The Labute approximate surface area is 167 Å². The van der Waals surface area contributed by atoms with Gasteiger partial charge in [0.05, 0.1) is 21.3 Å². The van der Waals surface area contributed by atoms with E-state index in [1.807, 2.05) is 46.8 Å². The summed E-state index contributed by atoms with van der Waals surface area (Å²) in [5, 5.41) is 6.23. The number of piperidine rings is 1. The molecule has 3 heterocycles. The zero-order chi connectivity index (χ0) is 17.6. The van der Waals surface area contributed by atoms with Crippen LogP contribution >= 0.6 is 35.3 Å². The second kappa shape index (κ2) is 7.56. The minimum absolute atomic E-state index is 0.